The molecule has 0 fully saturated rings. The predicted octanol–water partition coefficient (Wildman–Crippen LogP) is 7.44. The number of nitrogens with one attached hydrogen (secondary N) is 3. The van der Waals surface area contributed by atoms with E-state index in [1.165, 1.54) is 18.9 Å². The van der Waals surface area contributed by atoms with Crippen LogP contribution in [0.4, 0.5) is 4.79 Å². The van der Waals surface area contributed by atoms with E-state index < -0.39 is 47.3 Å². The standard InChI is InChI=1S/C46H47N3O6S/c1-4-31(2)42(49-45(53)55-29-39-37-26-16-14-24-35(37)36-25-15-17-27-38(36)39)43(51)47-28-41(50)48-40(44(52)54-3)30-56-46(32-18-8-5-9-19-32,33-20-10-6-11-21-33)34-22-12-7-13-23-34/h5-27,31,39-40,42H,4,28-30H2,1-3H3,(H,47,51)(H,48,50)(H,49,53). The van der Waals surface area contributed by atoms with Crippen LogP contribution in [0.5, 0.6) is 0 Å². The van der Waals surface area contributed by atoms with Crippen molar-refractivity contribution in [2.45, 2.75) is 43.0 Å². The van der Waals surface area contributed by atoms with E-state index in [0.717, 1.165) is 38.9 Å². The van der Waals surface area contributed by atoms with Gasteiger partial charge in [0.25, 0.3) is 0 Å². The summed E-state index contributed by atoms with van der Waals surface area (Å²) in [6.07, 6.45) is -0.139. The van der Waals surface area contributed by atoms with Crippen LogP contribution in [0.2, 0.25) is 0 Å². The predicted molar refractivity (Wildman–Crippen MR) is 220 cm³/mol. The molecule has 1 aliphatic carbocycles. The smallest absolute Gasteiger partial charge is 0.407 e. The minimum atomic E-state index is -1.03. The molecule has 3 atom stereocenters. The highest BCUT2D eigenvalue weighted by Gasteiger charge is 2.39. The number of hydrogen-bond donors (Lipinski definition) is 3. The summed E-state index contributed by atoms with van der Waals surface area (Å²) in [5, 5.41) is 8.17. The van der Waals surface area contributed by atoms with E-state index in [0.29, 0.717) is 6.42 Å². The van der Waals surface area contributed by atoms with Gasteiger partial charge in [0.15, 0.2) is 0 Å². The van der Waals surface area contributed by atoms with Crippen LogP contribution in [0.15, 0.2) is 140 Å². The van der Waals surface area contributed by atoms with Gasteiger partial charge in [-0.15, -0.1) is 11.8 Å². The summed E-state index contributed by atoms with van der Waals surface area (Å²) < 4.78 is 10.1. The summed E-state index contributed by atoms with van der Waals surface area (Å²) in [4.78, 5) is 53.2. The molecule has 0 saturated heterocycles. The van der Waals surface area contributed by atoms with Gasteiger partial charge in [-0.3, -0.25) is 9.59 Å². The minimum Gasteiger partial charge on any atom is -0.467 e. The first-order valence-electron chi connectivity index (χ1n) is 18.8. The van der Waals surface area contributed by atoms with Crippen molar-refractivity contribution < 1.29 is 28.7 Å². The fourth-order valence-electron chi connectivity index (χ4n) is 7.28. The second kappa shape index (κ2) is 18.6. The van der Waals surface area contributed by atoms with E-state index >= 15 is 0 Å². The first-order valence-corrected chi connectivity index (χ1v) is 19.8. The molecule has 9 nitrogen and oxygen atoms in total. The Morgan fingerprint density at radius 2 is 1.18 bits per heavy atom. The molecule has 288 valence electrons. The van der Waals surface area contributed by atoms with Crippen molar-refractivity contribution in [3.05, 3.63) is 167 Å². The number of hydrogen-bond acceptors (Lipinski definition) is 7. The summed E-state index contributed by atoms with van der Waals surface area (Å²) in [6.45, 7) is 3.44. The van der Waals surface area contributed by atoms with Gasteiger partial charge in [0.2, 0.25) is 11.8 Å². The topological polar surface area (TPSA) is 123 Å². The van der Waals surface area contributed by atoms with Crippen LogP contribution in [0.1, 0.15) is 54.0 Å². The Balaban J connectivity index is 1.11. The van der Waals surface area contributed by atoms with E-state index in [1.54, 1.807) is 0 Å². The first kappa shape index (κ1) is 39.8. The molecule has 3 unspecified atom stereocenters. The molecule has 10 heteroatoms. The first-order chi connectivity index (χ1) is 27.3. The molecule has 1 aliphatic rings. The van der Waals surface area contributed by atoms with E-state index in [1.807, 2.05) is 105 Å². The van der Waals surface area contributed by atoms with Gasteiger partial charge in [-0.25, -0.2) is 9.59 Å². The number of ether oxygens (including phenoxy) is 2. The largest absolute Gasteiger partial charge is 0.467 e. The molecular weight excluding hydrogens is 723 g/mol. The Kier molecular flexibility index (Phi) is 13.3. The number of methoxy groups -OCH3 is 1. The second-order valence-electron chi connectivity index (χ2n) is 13.8. The molecule has 0 radical (unpaired) electrons. The highest BCUT2D eigenvalue weighted by atomic mass is 32.2. The normalized spacial score (nSPS) is 13.6. The summed E-state index contributed by atoms with van der Waals surface area (Å²) in [7, 11) is 1.28. The zero-order valence-corrected chi connectivity index (χ0v) is 32.6. The summed E-state index contributed by atoms with van der Waals surface area (Å²) in [5.74, 6) is -1.98. The maximum Gasteiger partial charge on any atom is 0.407 e. The quantitative estimate of drug-likeness (QED) is 0.0705. The molecule has 0 spiro atoms. The van der Waals surface area contributed by atoms with Crippen molar-refractivity contribution in [2.75, 3.05) is 26.0 Å². The maximum atomic E-state index is 13.5. The lowest BCUT2D eigenvalue weighted by Crippen LogP contribution is -2.53. The van der Waals surface area contributed by atoms with Gasteiger partial charge >= 0.3 is 12.1 Å². The van der Waals surface area contributed by atoms with Gasteiger partial charge in [-0.2, -0.15) is 0 Å². The maximum absolute atomic E-state index is 13.5. The van der Waals surface area contributed by atoms with Gasteiger partial charge in [-0.05, 0) is 44.9 Å². The van der Waals surface area contributed by atoms with E-state index in [-0.39, 0.29) is 24.2 Å². The number of rotatable bonds is 16. The van der Waals surface area contributed by atoms with Crippen LogP contribution in [0.25, 0.3) is 11.1 Å². The number of thioether (sulfide) groups is 1. The van der Waals surface area contributed by atoms with E-state index in [9.17, 15) is 19.2 Å². The number of carbonyl (C=O) groups is 4. The average Bonchev–Trinajstić information content (AvgIpc) is 3.57. The number of fused-ring (bicyclic) bond motifs is 3. The average molecular weight is 770 g/mol. The number of carbonyl (C=O) groups excluding carboxylic acids is 4. The van der Waals surface area contributed by atoms with E-state index in [2.05, 4.69) is 64.5 Å². The second-order valence-corrected chi connectivity index (χ2v) is 15.0. The lowest BCUT2D eigenvalue weighted by Gasteiger charge is -2.36. The number of amides is 3. The zero-order chi connectivity index (χ0) is 39.5. The number of alkyl carbamates (subject to hydrolysis) is 1. The Morgan fingerprint density at radius 1 is 0.696 bits per heavy atom. The third kappa shape index (κ3) is 8.81. The monoisotopic (exact) mass is 769 g/mol. The molecule has 6 rings (SSSR count). The molecule has 0 aliphatic heterocycles. The van der Waals surface area contributed by atoms with Gasteiger partial charge < -0.3 is 25.4 Å². The fourth-order valence-corrected chi connectivity index (χ4v) is 8.82. The highest BCUT2D eigenvalue weighted by Crippen LogP contribution is 2.49. The lowest BCUT2D eigenvalue weighted by atomic mass is 9.84. The van der Waals surface area contributed by atoms with Crippen LogP contribution in [-0.4, -0.2) is 62.0 Å². The molecule has 5 aromatic rings. The third-order valence-electron chi connectivity index (χ3n) is 10.4. The molecule has 3 N–H and O–H groups in total. The van der Waals surface area contributed by atoms with Crippen molar-refractivity contribution >= 4 is 35.6 Å². The minimum absolute atomic E-state index is 0.101. The summed E-state index contributed by atoms with van der Waals surface area (Å²) in [6, 6.07) is 44.2. The zero-order valence-electron chi connectivity index (χ0n) is 31.8. The van der Waals surface area contributed by atoms with E-state index in [4.69, 9.17) is 9.47 Å². The van der Waals surface area contributed by atoms with Crippen LogP contribution >= 0.6 is 11.8 Å². The third-order valence-corrected chi connectivity index (χ3v) is 12.0. The van der Waals surface area contributed by atoms with Gasteiger partial charge in [-0.1, -0.05) is 160 Å². The molecule has 3 amide bonds. The Morgan fingerprint density at radius 3 is 1.66 bits per heavy atom. The molecule has 0 aromatic heterocycles. The van der Waals surface area contributed by atoms with Crippen molar-refractivity contribution in [3.8, 4) is 11.1 Å². The SMILES string of the molecule is CCC(C)C(NC(=O)OCC1c2ccccc2-c2ccccc21)C(=O)NCC(=O)NC(CSC(c1ccccc1)(c1ccccc1)c1ccccc1)C(=O)OC. The number of benzene rings is 5. The fraction of sp³-hybridized carbons (Fsp3) is 0.261. The lowest BCUT2D eigenvalue weighted by molar-refractivity contribution is -0.144. The van der Waals surface area contributed by atoms with Crippen molar-refractivity contribution in [1.29, 1.82) is 0 Å². The van der Waals surface area contributed by atoms with Gasteiger partial charge in [0.1, 0.15) is 18.7 Å². The number of esters is 1. The Bertz CT molecular complexity index is 1970. The summed E-state index contributed by atoms with van der Waals surface area (Å²) >= 11 is 1.51. The van der Waals surface area contributed by atoms with Crippen LogP contribution in [0, 0.1) is 5.92 Å². The van der Waals surface area contributed by atoms with Crippen molar-refractivity contribution in [2.24, 2.45) is 5.92 Å². The highest BCUT2D eigenvalue weighted by molar-refractivity contribution is 8.00. The van der Waals surface area contributed by atoms with Crippen molar-refractivity contribution in [3.63, 3.8) is 0 Å². The molecule has 0 bridgehead atoms. The molecule has 0 heterocycles. The van der Waals surface area contributed by atoms with Gasteiger partial charge in [0.05, 0.1) is 18.4 Å². The van der Waals surface area contributed by atoms with Crippen LogP contribution in [0.3, 0.4) is 0 Å². The van der Waals surface area contributed by atoms with Crippen LogP contribution in [-0.2, 0) is 28.6 Å². The molecular formula is C46H47N3O6S. The van der Waals surface area contributed by atoms with Crippen LogP contribution < -0.4 is 16.0 Å². The Labute approximate surface area is 332 Å². The van der Waals surface area contributed by atoms with Crippen molar-refractivity contribution in [1.82, 2.24) is 16.0 Å². The summed E-state index contributed by atoms with van der Waals surface area (Å²) in [5.41, 5.74) is 7.40. The Hall–Kier alpha value is -5.87. The molecule has 0 saturated carbocycles. The molecule has 5 aromatic carbocycles. The molecule has 56 heavy (non-hydrogen) atoms. The van der Waals surface area contributed by atoms with Gasteiger partial charge in [0, 0.05) is 11.7 Å².